The molecule has 3 aliphatic heterocycles. The number of nitrogens with zero attached hydrogens (tertiary/aromatic N) is 6. The highest BCUT2D eigenvalue weighted by Crippen LogP contribution is 2.51. The number of hydrogen-bond donors (Lipinski definition) is 4. The van der Waals surface area contributed by atoms with Gasteiger partial charge in [-0.2, -0.15) is 0 Å². The van der Waals surface area contributed by atoms with Gasteiger partial charge in [0.25, 0.3) is 11.8 Å². The molecule has 0 aliphatic carbocycles. The first-order chi connectivity index (χ1) is 32.1. The highest BCUT2D eigenvalue weighted by Gasteiger charge is 2.38. The van der Waals surface area contributed by atoms with E-state index in [1.54, 1.807) is 58.9 Å². The van der Waals surface area contributed by atoms with Gasteiger partial charge < -0.3 is 49.3 Å². The Bertz CT molecular complexity index is 2750. The SMILES string of the molecule is CCCN(C(=O)C(NC(=O)OC)c1cccnc1)[C@@H](C)c1nc(-c2cc3c4c(c2)OCc2cc(-c5cnc([C@@H]6CCCN6C(=O)C(NC(=O)OC)c6cccnc6)[nH]5)cc(c2-4)OC3)c(Cl)[nH]1. The van der Waals surface area contributed by atoms with Crippen LogP contribution in [0.3, 0.4) is 0 Å². The van der Waals surface area contributed by atoms with Crippen LogP contribution in [0.2, 0.25) is 5.15 Å². The van der Waals surface area contributed by atoms with Gasteiger partial charge in [0.2, 0.25) is 0 Å². The van der Waals surface area contributed by atoms with E-state index in [0.29, 0.717) is 71.5 Å². The molecule has 0 bridgehead atoms. The fraction of sp³-hybridized carbons (Fsp3) is 0.319. The van der Waals surface area contributed by atoms with Crippen molar-refractivity contribution < 1.29 is 38.1 Å². The molecule has 9 rings (SSSR count). The maximum atomic E-state index is 14.2. The number of halogens is 1. The van der Waals surface area contributed by atoms with Crippen LogP contribution in [0, 0.1) is 0 Å². The van der Waals surface area contributed by atoms with Gasteiger partial charge in [0, 0.05) is 82.4 Å². The molecule has 66 heavy (non-hydrogen) atoms. The minimum absolute atomic E-state index is 0.257. The second-order valence-corrected chi connectivity index (χ2v) is 16.5. The van der Waals surface area contributed by atoms with E-state index >= 15 is 0 Å². The number of likely N-dealkylation sites (tertiary alicyclic amines) is 1. The molecule has 7 heterocycles. The number of H-pyrrole nitrogens is 2. The molecule has 2 unspecified atom stereocenters. The van der Waals surface area contributed by atoms with E-state index in [9.17, 15) is 19.2 Å². The molecule has 4 amide bonds. The summed E-state index contributed by atoms with van der Waals surface area (Å²) in [5.74, 6) is 1.81. The number of hydrogen-bond acceptors (Lipinski definition) is 12. The number of ether oxygens (including phenoxy) is 4. The van der Waals surface area contributed by atoms with E-state index in [1.807, 2.05) is 32.0 Å². The zero-order valence-electron chi connectivity index (χ0n) is 36.6. The van der Waals surface area contributed by atoms with Crippen molar-refractivity contribution in [1.82, 2.24) is 50.3 Å². The molecule has 19 heteroatoms. The summed E-state index contributed by atoms with van der Waals surface area (Å²) in [6, 6.07) is 11.9. The molecule has 4 aromatic heterocycles. The lowest BCUT2D eigenvalue weighted by atomic mass is 9.87. The van der Waals surface area contributed by atoms with Crippen molar-refractivity contribution in [3.05, 3.63) is 119 Å². The first-order valence-electron chi connectivity index (χ1n) is 21.6. The number of imidazole rings is 2. The molecule has 0 saturated carbocycles. The van der Waals surface area contributed by atoms with Crippen LogP contribution < -0.4 is 20.1 Å². The van der Waals surface area contributed by atoms with Crippen molar-refractivity contribution >= 4 is 35.6 Å². The molecule has 18 nitrogen and oxygen atoms in total. The van der Waals surface area contributed by atoms with Crippen LogP contribution in [0.1, 0.15) is 91.2 Å². The topological polar surface area (TPSA) is 219 Å². The number of nitrogens with one attached hydrogen (secondary N) is 4. The molecule has 1 fully saturated rings. The predicted octanol–water partition coefficient (Wildman–Crippen LogP) is 7.52. The first-order valence-corrected chi connectivity index (χ1v) is 21.9. The van der Waals surface area contributed by atoms with E-state index < -0.39 is 30.3 Å². The third-order valence-electron chi connectivity index (χ3n) is 12.1. The summed E-state index contributed by atoms with van der Waals surface area (Å²) >= 11 is 6.88. The summed E-state index contributed by atoms with van der Waals surface area (Å²) in [4.78, 5) is 80.9. The van der Waals surface area contributed by atoms with Gasteiger partial charge in [-0.25, -0.2) is 19.6 Å². The first kappa shape index (κ1) is 43.8. The van der Waals surface area contributed by atoms with Crippen molar-refractivity contribution in [2.75, 3.05) is 27.3 Å². The Labute approximate surface area is 384 Å². The lowest BCUT2D eigenvalue weighted by molar-refractivity contribution is -0.136. The van der Waals surface area contributed by atoms with E-state index in [0.717, 1.165) is 39.9 Å². The minimum Gasteiger partial charge on any atom is -0.488 e. The molecule has 3 aliphatic rings. The minimum atomic E-state index is -1.05. The van der Waals surface area contributed by atoms with E-state index in [4.69, 9.17) is 40.5 Å². The largest absolute Gasteiger partial charge is 0.488 e. The van der Waals surface area contributed by atoms with Crippen LogP contribution >= 0.6 is 11.6 Å². The summed E-state index contributed by atoms with van der Waals surface area (Å²) < 4.78 is 22.6. The molecule has 0 radical (unpaired) electrons. The zero-order valence-corrected chi connectivity index (χ0v) is 37.3. The standard InChI is InChI=1S/C47H47ClN10O8/c1-5-14-57(44(59)39(54-46(61)63-3)26-9-6-12-49-20-26)25(2)42-53-38(41(48)56-42)29-17-31-24-65-34-18-28(16-30-23-66-35(19-29)37(31)36(30)34)32-22-51-43(52-32)33-11-8-15-58(33)45(60)40(55-47(62)64-4)27-10-7-13-50-21-27/h6-7,9-10,12-13,16-22,25,33,39-40H,5,8,11,14-15,23-24H2,1-4H3,(H,51,52)(H,53,56)(H,54,61)(H,55,62)/t25-,33-,39?,40?/m0/s1. The predicted molar refractivity (Wildman–Crippen MR) is 240 cm³/mol. The number of aromatic nitrogens is 6. The molecular weight excluding hydrogens is 868 g/mol. The average molecular weight is 915 g/mol. The van der Waals surface area contributed by atoms with Crippen LogP contribution in [-0.2, 0) is 32.3 Å². The second kappa shape index (κ2) is 18.6. The lowest BCUT2D eigenvalue weighted by Crippen LogP contribution is -2.44. The van der Waals surface area contributed by atoms with Crippen molar-refractivity contribution in [3.8, 4) is 45.1 Å². The Balaban J connectivity index is 0.958. The molecule has 4 N–H and O–H groups in total. The Kier molecular flexibility index (Phi) is 12.3. The summed E-state index contributed by atoms with van der Waals surface area (Å²) in [5, 5.41) is 5.62. The third kappa shape index (κ3) is 8.34. The fourth-order valence-corrected chi connectivity index (χ4v) is 9.18. The molecule has 4 atom stereocenters. The van der Waals surface area contributed by atoms with Gasteiger partial charge >= 0.3 is 12.2 Å². The average Bonchev–Trinajstić information content (AvgIpc) is 4.14. The van der Waals surface area contributed by atoms with Crippen molar-refractivity contribution in [3.63, 3.8) is 0 Å². The Hall–Kier alpha value is -7.47. The Morgan fingerprint density at radius 3 is 2.12 bits per heavy atom. The number of benzene rings is 2. The monoisotopic (exact) mass is 914 g/mol. The number of aromatic amines is 2. The maximum absolute atomic E-state index is 14.2. The van der Waals surface area contributed by atoms with E-state index in [1.165, 1.54) is 20.4 Å². The van der Waals surface area contributed by atoms with E-state index in [2.05, 4.69) is 36.6 Å². The van der Waals surface area contributed by atoms with Crippen LogP contribution in [0.15, 0.2) is 79.5 Å². The van der Waals surface area contributed by atoms with Crippen LogP contribution in [0.5, 0.6) is 11.5 Å². The van der Waals surface area contributed by atoms with Crippen molar-refractivity contribution in [1.29, 1.82) is 0 Å². The highest BCUT2D eigenvalue weighted by molar-refractivity contribution is 6.32. The number of carbonyl (C=O) groups is 4. The van der Waals surface area contributed by atoms with Crippen molar-refractivity contribution in [2.45, 2.75) is 70.5 Å². The Morgan fingerprint density at radius 2 is 1.50 bits per heavy atom. The summed E-state index contributed by atoms with van der Waals surface area (Å²) in [5.41, 5.74) is 7.55. The quantitative estimate of drug-likeness (QED) is 0.0885. The molecule has 6 aromatic rings. The van der Waals surface area contributed by atoms with Gasteiger partial charge in [0.1, 0.15) is 59.3 Å². The molecule has 0 spiro atoms. The highest BCUT2D eigenvalue weighted by atomic mass is 35.5. The second-order valence-electron chi connectivity index (χ2n) is 16.2. The van der Waals surface area contributed by atoms with Crippen LogP contribution in [0.4, 0.5) is 9.59 Å². The summed E-state index contributed by atoms with van der Waals surface area (Å²) in [6.07, 6.45) is 8.67. The number of amides is 4. The number of carbonyl (C=O) groups excluding carboxylic acids is 4. The van der Waals surface area contributed by atoms with Crippen LogP contribution in [0.25, 0.3) is 33.6 Å². The van der Waals surface area contributed by atoms with Gasteiger partial charge in [-0.3, -0.25) is 19.6 Å². The summed E-state index contributed by atoms with van der Waals surface area (Å²) in [6.45, 7) is 5.21. The normalized spacial score (nSPS) is 15.9. The number of rotatable bonds is 13. The lowest BCUT2D eigenvalue weighted by Gasteiger charge is -2.31. The van der Waals surface area contributed by atoms with Gasteiger partial charge in [-0.05, 0) is 62.6 Å². The van der Waals surface area contributed by atoms with Crippen LogP contribution in [-0.4, -0.2) is 91.0 Å². The zero-order chi connectivity index (χ0) is 46.1. The summed E-state index contributed by atoms with van der Waals surface area (Å²) in [7, 11) is 2.50. The molecule has 2 aromatic carbocycles. The smallest absolute Gasteiger partial charge is 0.407 e. The molecule has 340 valence electrons. The third-order valence-corrected chi connectivity index (χ3v) is 12.4. The Morgan fingerprint density at radius 1 is 0.879 bits per heavy atom. The number of pyridine rings is 2. The molecular formula is C47H47ClN10O8. The fourth-order valence-electron chi connectivity index (χ4n) is 8.94. The van der Waals surface area contributed by atoms with Gasteiger partial charge in [0.15, 0.2) is 0 Å². The number of alkyl carbamates (subject to hydrolysis) is 2. The van der Waals surface area contributed by atoms with Crippen molar-refractivity contribution in [2.24, 2.45) is 0 Å². The molecule has 1 saturated heterocycles. The van der Waals surface area contributed by atoms with E-state index in [-0.39, 0.29) is 36.2 Å². The van der Waals surface area contributed by atoms with Gasteiger partial charge in [0.05, 0.1) is 38.2 Å². The van der Waals surface area contributed by atoms with Gasteiger partial charge in [-0.1, -0.05) is 30.7 Å². The van der Waals surface area contributed by atoms with Gasteiger partial charge in [-0.15, -0.1) is 0 Å². The maximum Gasteiger partial charge on any atom is 0.407 e. The number of methoxy groups -OCH3 is 2.